The van der Waals surface area contributed by atoms with Crippen molar-refractivity contribution in [2.24, 2.45) is 5.41 Å². The van der Waals surface area contributed by atoms with Crippen LogP contribution >= 0.6 is 0 Å². The first kappa shape index (κ1) is 16.9. The number of sulfonamides is 1. The number of nitrogen functional groups attached to an aromatic ring is 1. The summed E-state index contributed by atoms with van der Waals surface area (Å²) in [4.78, 5) is 0.100. The average Bonchev–Trinajstić information content (AvgIpc) is 2.23. The van der Waals surface area contributed by atoms with Crippen LogP contribution in [0.25, 0.3) is 0 Å². The summed E-state index contributed by atoms with van der Waals surface area (Å²) in [6, 6.07) is 1.17. The van der Waals surface area contributed by atoms with Gasteiger partial charge in [0.15, 0.2) is 0 Å². The third-order valence-electron chi connectivity index (χ3n) is 3.07. The SMILES string of the molecule is Cc1cc(F)c(N)c(C)c1S(=O)(=O)N(C)CC(C)(C)C. The highest BCUT2D eigenvalue weighted by Gasteiger charge is 2.29. The van der Waals surface area contributed by atoms with E-state index in [1.807, 2.05) is 20.8 Å². The summed E-state index contributed by atoms with van der Waals surface area (Å²) in [5, 5.41) is 0. The molecule has 1 rings (SSSR count). The lowest BCUT2D eigenvalue weighted by Crippen LogP contribution is -2.35. The molecule has 0 saturated carbocycles. The molecule has 2 N–H and O–H groups in total. The summed E-state index contributed by atoms with van der Waals surface area (Å²) in [5.74, 6) is -0.586. The molecule has 4 nitrogen and oxygen atoms in total. The molecular formula is C14H23FN2O2S. The van der Waals surface area contributed by atoms with Crippen LogP contribution in [-0.2, 0) is 10.0 Å². The molecule has 0 aliphatic heterocycles. The highest BCUT2D eigenvalue weighted by atomic mass is 32.2. The van der Waals surface area contributed by atoms with E-state index >= 15 is 0 Å². The second-order valence-corrected chi connectivity index (χ2v) is 8.35. The van der Waals surface area contributed by atoms with Crippen molar-refractivity contribution >= 4 is 15.7 Å². The summed E-state index contributed by atoms with van der Waals surface area (Å²) >= 11 is 0. The number of aryl methyl sites for hydroxylation is 1. The van der Waals surface area contributed by atoms with E-state index in [1.54, 1.807) is 6.92 Å². The number of hydrogen-bond donors (Lipinski definition) is 1. The van der Waals surface area contributed by atoms with Crippen molar-refractivity contribution in [1.29, 1.82) is 0 Å². The van der Waals surface area contributed by atoms with Crippen LogP contribution in [-0.4, -0.2) is 26.3 Å². The largest absolute Gasteiger partial charge is 0.396 e. The third-order valence-corrected chi connectivity index (χ3v) is 5.16. The maximum Gasteiger partial charge on any atom is 0.243 e. The van der Waals surface area contributed by atoms with Crippen molar-refractivity contribution in [1.82, 2.24) is 4.31 Å². The lowest BCUT2D eigenvalue weighted by atomic mass is 9.97. The zero-order chi connectivity index (χ0) is 15.9. The second kappa shape index (κ2) is 5.33. The number of halogens is 1. The molecule has 0 heterocycles. The molecule has 20 heavy (non-hydrogen) atoms. The van der Waals surface area contributed by atoms with Crippen LogP contribution in [0.4, 0.5) is 10.1 Å². The molecule has 114 valence electrons. The fourth-order valence-corrected chi connectivity index (χ4v) is 4.07. The van der Waals surface area contributed by atoms with Crippen LogP contribution in [0, 0.1) is 25.1 Å². The van der Waals surface area contributed by atoms with Crippen LogP contribution in [0.15, 0.2) is 11.0 Å². The van der Waals surface area contributed by atoms with Gasteiger partial charge in [0.05, 0.1) is 10.6 Å². The first-order valence-corrected chi connectivity index (χ1v) is 7.83. The van der Waals surface area contributed by atoms with E-state index in [9.17, 15) is 12.8 Å². The van der Waals surface area contributed by atoms with Crippen LogP contribution < -0.4 is 5.73 Å². The maximum absolute atomic E-state index is 13.5. The van der Waals surface area contributed by atoms with E-state index in [2.05, 4.69) is 0 Å². The summed E-state index contributed by atoms with van der Waals surface area (Å²) in [7, 11) is -2.16. The van der Waals surface area contributed by atoms with Gasteiger partial charge in [-0.05, 0) is 36.5 Å². The molecule has 0 fully saturated rings. The number of hydrogen-bond acceptors (Lipinski definition) is 3. The van der Waals surface area contributed by atoms with Gasteiger partial charge >= 0.3 is 0 Å². The molecule has 0 atom stereocenters. The van der Waals surface area contributed by atoms with Crippen LogP contribution in [0.5, 0.6) is 0 Å². The Morgan fingerprint density at radius 1 is 1.30 bits per heavy atom. The van der Waals surface area contributed by atoms with Crippen molar-refractivity contribution in [3.05, 3.63) is 23.0 Å². The summed E-state index contributed by atoms with van der Waals surface area (Å²) in [5.41, 5.74) is 5.97. The normalized spacial score (nSPS) is 13.0. The van der Waals surface area contributed by atoms with Crippen LogP contribution in [0.1, 0.15) is 31.9 Å². The van der Waals surface area contributed by atoms with Crippen molar-refractivity contribution < 1.29 is 12.8 Å². The zero-order valence-electron chi connectivity index (χ0n) is 12.9. The van der Waals surface area contributed by atoms with E-state index in [0.717, 1.165) is 0 Å². The minimum absolute atomic E-state index is 0.100. The number of nitrogens with two attached hydrogens (primary N) is 1. The third kappa shape index (κ3) is 3.30. The van der Waals surface area contributed by atoms with Gasteiger partial charge in [-0.15, -0.1) is 0 Å². The lowest BCUT2D eigenvalue weighted by Gasteiger charge is -2.27. The van der Waals surface area contributed by atoms with Gasteiger partial charge in [-0.2, -0.15) is 0 Å². The highest BCUT2D eigenvalue weighted by Crippen LogP contribution is 2.30. The minimum Gasteiger partial charge on any atom is -0.396 e. The summed E-state index contributed by atoms with van der Waals surface area (Å²) < 4.78 is 40.2. The van der Waals surface area contributed by atoms with Crippen molar-refractivity contribution in [2.45, 2.75) is 39.5 Å². The fourth-order valence-electron chi connectivity index (χ4n) is 2.24. The molecule has 0 saturated heterocycles. The molecule has 0 amide bonds. The minimum atomic E-state index is -3.69. The first-order valence-electron chi connectivity index (χ1n) is 6.39. The summed E-state index contributed by atoms with van der Waals surface area (Å²) in [6.45, 7) is 9.34. The van der Waals surface area contributed by atoms with Gasteiger partial charge in [0, 0.05) is 13.6 Å². The number of benzene rings is 1. The van der Waals surface area contributed by atoms with Crippen molar-refractivity contribution in [3.8, 4) is 0 Å². The van der Waals surface area contributed by atoms with Gasteiger partial charge in [0.1, 0.15) is 5.82 Å². The van der Waals surface area contributed by atoms with Gasteiger partial charge < -0.3 is 5.73 Å². The molecule has 1 aromatic rings. The molecule has 1 aromatic carbocycles. The van der Waals surface area contributed by atoms with Gasteiger partial charge in [0.25, 0.3) is 0 Å². The molecule has 0 aliphatic carbocycles. The molecular weight excluding hydrogens is 279 g/mol. The predicted molar refractivity (Wildman–Crippen MR) is 79.6 cm³/mol. The smallest absolute Gasteiger partial charge is 0.243 e. The standard InChI is InChI=1S/C14H23FN2O2S/c1-9-7-11(15)12(16)10(2)13(9)20(18,19)17(6)8-14(3,4)5/h7H,8,16H2,1-6H3. The average molecular weight is 302 g/mol. The van der Waals surface area contributed by atoms with E-state index < -0.39 is 15.8 Å². The van der Waals surface area contributed by atoms with Gasteiger partial charge in [-0.3, -0.25) is 0 Å². The Hall–Kier alpha value is -1.14. The van der Waals surface area contributed by atoms with E-state index in [4.69, 9.17) is 5.73 Å². The van der Waals surface area contributed by atoms with Gasteiger partial charge in [-0.25, -0.2) is 17.1 Å². The molecule has 0 spiro atoms. The Morgan fingerprint density at radius 2 is 1.80 bits per heavy atom. The van der Waals surface area contributed by atoms with Crippen molar-refractivity contribution in [3.63, 3.8) is 0 Å². The van der Waals surface area contributed by atoms with E-state index in [-0.39, 0.29) is 21.6 Å². The Labute approximate surface area is 120 Å². The topological polar surface area (TPSA) is 63.4 Å². The quantitative estimate of drug-likeness (QED) is 0.873. The lowest BCUT2D eigenvalue weighted by molar-refractivity contribution is 0.310. The Bertz CT molecular complexity index is 619. The Morgan fingerprint density at radius 3 is 2.25 bits per heavy atom. The zero-order valence-corrected chi connectivity index (χ0v) is 13.7. The fraction of sp³-hybridized carbons (Fsp3) is 0.571. The number of nitrogens with zero attached hydrogens (tertiary/aromatic N) is 1. The Kier molecular flexibility index (Phi) is 4.51. The first-order chi connectivity index (χ1) is 8.88. The maximum atomic E-state index is 13.5. The second-order valence-electron chi connectivity index (χ2n) is 6.36. The monoisotopic (exact) mass is 302 g/mol. The Balaban J connectivity index is 3.41. The number of anilines is 1. The predicted octanol–water partition coefficient (Wildman–Crippen LogP) is 2.69. The van der Waals surface area contributed by atoms with Crippen LogP contribution in [0.2, 0.25) is 0 Å². The molecule has 0 bridgehead atoms. The molecule has 0 radical (unpaired) electrons. The molecule has 6 heteroatoms. The van der Waals surface area contributed by atoms with E-state index in [0.29, 0.717) is 12.1 Å². The van der Waals surface area contributed by atoms with E-state index in [1.165, 1.54) is 24.3 Å². The van der Waals surface area contributed by atoms with Crippen LogP contribution in [0.3, 0.4) is 0 Å². The summed E-state index contributed by atoms with van der Waals surface area (Å²) in [6.07, 6.45) is 0. The van der Waals surface area contributed by atoms with Gasteiger partial charge in [-0.1, -0.05) is 20.8 Å². The van der Waals surface area contributed by atoms with Crippen molar-refractivity contribution in [2.75, 3.05) is 19.3 Å². The number of rotatable bonds is 3. The van der Waals surface area contributed by atoms with Gasteiger partial charge in [0.2, 0.25) is 10.0 Å². The molecule has 0 unspecified atom stereocenters. The molecule has 0 aliphatic rings. The highest BCUT2D eigenvalue weighted by molar-refractivity contribution is 7.89. The molecule has 0 aromatic heterocycles.